The molecular weight excluding hydrogens is 102 g/mol. The molecule has 0 N–H and O–H groups in total. The van der Waals surface area contributed by atoms with Gasteiger partial charge in [-0.05, 0) is 0 Å². The fraction of sp³-hybridized carbons (Fsp3) is 0. The summed E-state index contributed by atoms with van der Waals surface area (Å²) in [5.74, 6) is 0.326. The first-order valence-electron chi connectivity index (χ1n) is 1.99. The maximum atomic E-state index is 6.45. The fourth-order valence-corrected chi connectivity index (χ4v) is 0.384. The van der Waals surface area contributed by atoms with E-state index in [0.29, 0.717) is 5.82 Å². The van der Waals surface area contributed by atoms with Crippen LogP contribution < -0.4 is 0 Å². The zero-order valence-corrected chi connectivity index (χ0v) is 4.07. The molecule has 1 aromatic rings. The van der Waals surface area contributed by atoms with Gasteiger partial charge in [0.25, 0.3) is 5.82 Å². The van der Waals surface area contributed by atoms with Crippen molar-refractivity contribution >= 4 is 5.82 Å². The van der Waals surface area contributed by atoms with Crippen LogP contribution in [-0.4, -0.2) is 9.55 Å². The van der Waals surface area contributed by atoms with Crippen LogP contribution in [0.2, 0.25) is 0 Å². The minimum atomic E-state index is 0.326. The van der Waals surface area contributed by atoms with E-state index in [1.54, 1.807) is 0 Å². The van der Waals surface area contributed by atoms with Gasteiger partial charge in [0.2, 0.25) is 0 Å². The zero-order valence-electron chi connectivity index (χ0n) is 4.07. The van der Waals surface area contributed by atoms with Gasteiger partial charge >= 0.3 is 0 Å². The summed E-state index contributed by atoms with van der Waals surface area (Å²) in [7, 11) is 5.16. The monoisotopic (exact) mass is 105 g/mol. The van der Waals surface area contributed by atoms with Gasteiger partial charge in [0.15, 0.2) is 6.33 Å². The molecule has 0 amide bonds. The summed E-state index contributed by atoms with van der Waals surface area (Å²) in [4.78, 5) is 6.65. The van der Waals surface area contributed by atoms with Crippen LogP contribution in [0.4, 0.5) is 5.82 Å². The lowest BCUT2D eigenvalue weighted by Gasteiger charge is -1.75. The Morgan fingerprint density at radius 3 is 2.88 bits per heavy atom. The van der Waals surface area contributed by atoms with Gasteiger partial charge in [-0.1, -0.05) is 6.57 Å². The summed E-state index contributed by atoms with van der Waals surface area (Å²) >= 11 is 0. The van der Waals surface area contributed by atoms with Gasteiger partial charge in [0, 0.05) is 6.20 Å². The maximum absolute atomic E-state index is 6.45. The SMILES string of the molecule is [C-]#[N+]c1cn([CH])cn1. The molecule has 3 heteroatoms. The maximum Gasteiger partial charge on any atom is 0.287 e. The summed E-state index contributed by atoms with van der Waals surface area (Å²) in [6.45, 7) is 6.45. The molecule has 0 fully saturated rings. The molecule has 3 nitrogen and oxygen atoms in total. The van der Waals surface area contributed by atoms with E-state index >= 15 is 0 Å². The molecule has 0 aromatic carbocycles. The molecule has 0 saturated carbocycles. The van der Waals surface area contributed by atoms with Crippen molar-refractivity contribution in [3.63, 3.8) is 0 Å². The second-order valence-corrected chi connectivity index (χ2v) is 1.29. The van der Waals surface area contributed by atoms with Gasteiger partial charge in [-0.15, -0.1) is 4.98 Å². The van der Waals surface area contributed by atoms with Gasteiger partial charge in [0.1, 0.15) is 0 Å². The van der Waals surface area contributed by atoms with Crippen LogP contribution in [0.15, 0.2) is 12.5 Å². The highest BCUT2D eigenvalue weighted by Crippen LogP contribution is 2.03. The van der Waals surface area contributed by atoms with Crippen LogP contribution >= 0.6 is 0 Å². The van der Waals surface area contributed by atoms with E-state index in [9.17, 15) is 0 Å². The lowest BCUT2D eigenvalue weighted by molar-refractivity contribution is 1.06. The average molecular weight is 105 g/mol. The smallest absolute Gasteiger partial charge is 0.287 e. The van der Waals surface area contributed by atoms with Crippen molar-refractivity contribution in [3.05, 3.63) is 31.0 Å². The van der Waals surface area contributed by atoms with Crippen LogP contribution in [0, 0.1) is 13.6 Å². The lowest BCUT2D eigenvalue weighted by Crippen LogP contribution is -1.72. The Morgan fingerprint density at radius 1 is 1.88 bits per heavy atom. The number of hydrogen-bond donors (Lipinski definition) is 0. The number of aromatic nitrogens is 2. The predicted molar refractivity (Wildman–Crippen MR) is 28.2 cm³/mol. The van der Waals surface area contributed by atoms with E-state index in [1.165, 1.54) is 17.1 Å². The van der Waals surface area contributed by atoms with Crippen molar-refractivity contribution in [3.8, 4) is 0 Å². The molecule has 1 aromatic heterocycles. The van der Waals surface area contributed by atoms with Crippen molar-refractivity contribution in [2.75, 3.05) is 0 Å². The van der Waals surface area contributed by atoms with Crippen molar-refractivity contribution in [2.45, 2.75) is 0 Å². The third-order valence-corrected chi connectivity index (χ3v) is 0.702. The molecule has 0 atom stereocenters. The third-order valence-electron chi connectivity index (χ3n) is 0.702. The van der Waals surface area contributed by atoms with E-state index in [-0.39, 0.29) is 0 Å². The van der Waals surface area contributed by atoms with Crippen molar-refractivity contribution in [1.82, 2.24) is 9.55 Å². The Labute approximate surface area is 47.4 Å². The first kappa shape index (κ1) is 4.85. The zero-order chi connectivity index (χ0) is 5.98. The van der Waals surface area contributed by atoms with Crippen LogP contribution in [0.25, 0.3) is 4.85 Å². The van der Waals surface area contributed by atoms with Gasteiger partial charge in [-0.2, -0.15) is 0 Å². The van der Waals surface area contributed by atoms with Crippen molar-refractivity contribution in [1.29, 1.82) is 0 Å². The van der Waals surface area contributed by atoms with Gasteiger partial charge < -0.3 is 9.41 Å². The molecule has 38 valence electrons. The summed E-state index contributed by atoms with van der Waals surface area (Å²) in [6.07, 6.45) is 2.83. The van der Waals surface area contributed by atoms with Crippen LogP contribution in [0.3, 0.4) is 0 Å². The standard InChI is InChI=1S/C5H3N3/c1-6-5-3-8(2)4-7-5/h2-4H. The molecule has 0 aliphatic heterocycles. The molecule has 1 heterocycles. The quantitative estimate of drug-likeness (QED) is 0.450. The largest absolute Gasteiger partial charge is 0.359 e. The summed E-state index contributed by atoms with van der Waals surface area (Å²) in [6, 6.07) is 0. The van der Waals surface area contributed by atoms with E-state index in [4.69, 9.17) is 13.6 Å². The van der Waals surface area contributed by atoms with Crippen LogP contribution in [0.5, 0.6) is 0 Å². The minimum Gasteiger partial charge on any atom is -0.359 e. The predicted octanol–water partition coefficient (Wildman–Crippen LogP) is 0.951. The minimum absolute atomic E-state index is 0.326. The van der Waals surface area contributed by atoms with Gasteiger partial charge in [-0.25, -0.2) is 0 Å². The summed E-state index contributed by atoms with van der Waals surface area (Å²) in [5, 5.41) is 0. The van der Waals surface area contributed by atoms with Gasteiger partial charge in [0.05, 0.1) is 7.05 Å². The van der Waals surface area contributed by atoms with Gasteiger partial charge in [-0.3, -0.25) is 0 Å². The highest BCUT2D eigenvalue weighted by atomic mass is 15.0. The second-order valence-electron chi connectivity index (χ2n) is 1.29. The Bertz CT molecular complexity index is 218. The van der Waals surface area contributed by atoms with E-state index in [1.807, 2.05) is 0 Å². The van der Waals surface area contributed by atoms with Crippen LogP contribution in [0.1, 0.15) is 0 Å². The average Bonchev–Trinajstić information content (AvgIpc) is 2.14. The summed E-state index contributed by atoms with van der Waals surface area (Å²) < 4.78 is 1.24. The number of imidazole rings is 1. The molecule has 0 spiro atoms. The topological polar surface area (TPSA) is 22.2 Å². The highest BCUT2D eigenvalue weighted by Gasteiger charge is 1.90. The molecule has 0 bridgehead atoms. The Kier molecular flexibility index (Phi) is 1.01. The van der Waals surface area contributed by atoms with E-state index in [0.717, 1.165) is 0 Å². The number of hydrogen-bond acceptors (Lipinski definition) is 1. The molecule has 2 radical (unpaired) electrons. The molecule has 1 rings (SSSR count). The summed E-state index contributed by atoms with van der Waals surface area (Å²) in [5.41, 5.74) is 0. The highest BCUT2D eigenvalue weighted by molar-refractivity contribution is 5.31. The fourth-order valence-electron chi connectivity index (χ4n) is 0.384. The van der Waals surface area contributed by atoms with Crippen LogP contribution in [-0.2, 0) is 0 Å². The first-order chi connectivity index (χ1) is 3.83. The third kappa shape index (κ3) is 0.684. The Hall–Kier alpha value is -1.30. The molecular formula is C5H3N3. The van der Waals surface area contributed by atoms with Crippen molar-refractivity contribution in [2.24, 2.45) is 0 Å². The Balaban J connectivity index is 3.05. The molecule has 0 aliphatic rings. The van der Waals surface area contributed by atoms with E-state index < -0.39 is 0 Å². The Morgan fingerprint density at radius 2 is 2.62 bits per heavy atom. The normalized spacial score (nSPS) is 8.50. The molecule has 0 unspecified atom stereocenters. The molecule has 0 saturated heterocycles. The van der Waals surface area contributed by atoms with Crippen molar-refractivity contribution < 1.29 is 0 Å². The lowest BCUT2D eigenvalue weighted by atomic mass is 10.8. The second kappa shape index (κ2) is 1.66. The molecule has 8 heavy (non-hydrogen) atoms. The number of nitrogens with zero attached hydrogens (tertiary/aromatic N) is 3. The number of rotatable bonds is 0. The van der Waals surface area contributed by atoms with E-state index in [2.05, 4.69) is 9.83 Å². The first-order valence-corrected chi connectivity index (χ1v) is 1.99. The molecule has 0 aliphatic carbocycles.